The number of carboxylic acid groups (broad SMARTS) is 1. The van der Waals surface area contributed by atoms with Gasteiger partial charge in [-0.25, -0.2) is 4.98 Å². The number of aliphatic carboxylic acids is 1. The van der Waals surface area contributed by atoms with Crippen molar-refractivity contribution in [3.63, 3.8) is 0 Å². The number of carbonyl (C=O) groups is 1. The number of hydrogen-bond donors (Lipinski definition) is 1. The van der Waals surface area contributed by atoms with Gasteiger partial charge in [-0.15, -0.1) is 11.3 Å². The lowest BCUT2D eigenvalue weighted by atomic mass is 9.92. The van der Waals surface area contributed by atoms with E-state index in [2.05, 4.69) is 43.0 Å². The highest BCUT2D eigenvalue weighted by Gasteiger charge is 2.32. The lowest BCUT2D eigenvalue weighted by molar-refractivity contribution is -0.145. The molecular weight excluding hydrogens is 272 g/mol. The first kappa shape index (κ1) is 15.4. The van der Waals surface area contributed by atoms with Gasteiger partial charge in [-0.1, -0.05) is 27.7 Å². The van der Waals surface area contributed by atoms with E-state index in [4.69, 9.17) is 0 Å². The Morgan fingerprint density at radius 2 is 2.25 bits per heavy atom. The van der Waals surface area contributed by atoms with E-state index in [9.17, 15) is 9.90 Å². The van der Waals surface area contributed by atoms with Gasteiger partial charge in [0.25, 0.3) is 0 Å². The lowest BCUT2D eigenvalue weighted by Gasteiger charge is -2.35. The SMILES string of the molecule is CC1CCN(Cc2nc(C(C)(C)C)cs2)C(C(=O)O)C1. The van der Waals surface area contributed by atoms with E-state index in [0.717, 1.165) is 30.1 Å². The summed E-state index contributed by atoms with van der Waals surface area (Å²) < 4.78 is 0. The van der Waals surface area contributed by atoms with Crippen LogP contribution in [0.3, 0.4) is 0 Å². The minimum atomic E-state index is -0.704. The lowest BCUT2D eigenvalue weighted by Crippen LogP contribution is -2.46. The van der Waals surface area contributed by atoms with E-state index >= 15 is 0 Å². The van der Waals surface area contributed by atoms with Crippen molar-refractivity contribution in [1.82, 2.24) is 9.88 Å². The molecule has 2 atom stereocenters. The maximum absolute atomic E-state index is 11.4. The number of likely N-dealkylation sites (tertiary alicyclic amines) is 1. The molecule has 20 heavy (non-hydrogen) atoms. The van der Waals surface area contributed by atoms with E-state index in [0.29, 0.717) is 12.5 Å². The Kier molecular flexibility index (Phi) is 4.49. The smallest absolute Gasteiger partial charge is 0.320 e. The quantitative estimate of drug-likeness (QED) is 0.931. The standard InChI is InChI=1S/C15H24N2O2S/c1-10-5-6-17(11(7-10)14(18)19)8-13-16-12(9-20-13)15(2,3)4/h9-11H,5-8H2,1-4H3,(H,18,19). The summed E-state index contributed by atoms with van der Waals surface area (Å²) >= 11 is 1.64. The van der Waals surface area contributed by atoms with Crippen LogP contribution in [0.1, 0.15) is 51.2 Å². The molecule has 4 nitrogen and oxygen atoms in total. The highest BCUT2D eigenvalue weighted by molar-refractivity contribution is 7.09. The molecule has 1 aliphatic heterocycles. The van der Waals surface area contributed by atoms with E-state index in [1.807, 2.05) is 0 Å². The second kappa shape index (κ2) is 5.82. The molecule has 0 spiro atoms. The van der Waals surface area contributed by atoms with Gasteiger partial charge in [-0.2, -0.15) is 0 Å². The second-order valence-electron chi connectivity index (χ2n) is 6.83. The molecule has 2 heterocycles. The summed E-state index contributed by atoms with van der Waals surface area (Å²) in [7, 11) is 0. The third-order valence-corrected chi connectivity index (χ3v) is 4.75. The molecule has 1 aliphatic rings. The van der Waals surface area contributed by atoms with Gasteiger partial charge in [0.1, 0.15) is 11.0 Å². The van der Waals surface area contributed by atoms with Crippen LogP contribution in [0.4, 0.5) is 0 Å². The molecule has 2 unspecified atom stereocenters. The maximum Gasteiger partial charge on any atom is 0.320 e. The number of thiazole rings is 1. The Balaban J connectivity index is 2.08. The first-order valence-electron chi connectivity index (χ1n) is 7.19. The highest BCUT2D eigenvalue weighted by Crippen LogP contribution is 2.28. The van der Waals surface area contributed by atoms with Crippen molar-refractivity contribution in [3.8, 4) is 0 Å². The van der Waals surface area contributed by atoms with Crippen LogP contribution in [-0.2, 0) is 16.8 Å². The van der Waals surface area contributed by atoms with Crippen LogP contribution >= 0.6 is 11.3 Å². The number of hydrogen-bond acceptors (Lipinski definition) is 4. The van der Waals surface area contributed by atoms with Gasteiger partial charge in [-0.05, 0) is 25.3 Å². The fourth-order valence-corrected chi connectivity index (χ4v) is 3.58. The monoisotopic (exact) mass is 296 g/mol. The average Bonchev–Trinajstić information content (AvgIpc) is 2.79. The number of rotatable bonds is 3. The number of piperidine rings is 1. The van der Waals surface area contributed by atoms with Crippen molar-refractivity contribution in [2.45, 2.75) is 58.5 Å². The largest absolute Gasteiger partial charge is 0.480 e. The van der Waals surface area contributed by atoms with Crippen LogP contribution in [0.25, 0.3) is 0 Å². The Bertz CT molecular complexity index is 478. The zero-order valence-electron chi connectivity index (χ0n) is 12.7. The first-order chi connectivity index (χ1) is 9.27. The minimum absolute atomic E-state index is 0.0529. The molecule has 1 aromatic heterocycles. The average molecular weight is 296 g/mol. The molecule has 0 saturated carbocycles. The molecule has 1 aromatic rings. The van der Waals surface area contributed by atoms with Gasteiger partial charge >= 0.3 is 5.97 Å². The molecule has 2 rings (SSSR count). The minimum Gasteiger partial charge on any atom is -0.480 e. The molecular formula is C15H24N2O2S. The van der Waals surface area contributed by atoms with Crippen molar-refractivity contribution in [1.29, 1.82) is 0 Å². The fourth-order valence-electron chi connectivity index (χ4n) is 2.54. The summed E-state index contributed by atoms with van der Waals surface area (Å²) in [6.07, 6.45) is 1.81. The summed E-state index contributed by atoms with van der Waals surface area (Å²) in [6, 6.07) is -0.360. The van der Waals surface area contributed by atoms with Crippen LogP contribution in [0.2, 0.25) is 0 Å². The summed E-state index contributed by atoms with van der Waals surface area (Å²) in [4.78, 5) is 18.1. The maximum atomic E-state index is 11.4. The van der Waals surface area contributed by atoms with E-state index < -0.39 is 5.97 Å². The molecule has 0 aromatic carbocycles. The molecule has 0 aliphatic carbocycles. The summed E-state index contributed by atoms with van der Waals surface area (Å²) in [5, 5.41) is 12.5. The number of aromatic nitrogens is 1. The van der Waals surface area contributed by atoms with Crippen molar-refractivity contribution >= 4 is 17.3 Å². The van der Waals surface area contributed by atoms with E-state index in [1.165, 1.54) is 0 Å². The van der Waals surface area contributed by atoms with Gasteiger partial charge in [0.2, 0.25) is 0 Å². The van der Waals surface area contributed by atoms with E-state index in [-0.39, 0.29) is 11.5 Å². The van der Waals surface area contributed by atoms with Gasteiger partial charge in [-0.3, -0.25) is 9.69 Å². The number of carboxylic acids is 1. The third-order valence-electron chi connectivity index (χ3n) is 3.92. The predicted molar refractivity (Wildman–Crippen MR) is 81.0 cm³/mol. The Hall–Kier alpha value is -0.940. The molecule has 0 radical (unpaired) electrons. The van der Waals surface area contributed by atoms with Crippen molar-refractivity contribution in [3.05, 3.63) is 16.1 Å². The van der Waals surface area contributed by atoms with Gasteiger partial charge in [0.05, 0.1) is 12.2 Å². The molecule has 0 amide bonds. The molecule has 1 fully saturated rings. The number of nitrogens with zero attached hydrogens (tertiary/aromatic N) is 2. The van der Waals surface area contributed by atoms with E-state index in [1.54, 1.807) is 11.3 Å². The van der Waals surface area contributed by atoms with Crippen LogP contribution in [0, 0.1) is 5.92 Å². The first-order valence-corrected chi connectivity index (χ1v) is 8.07. The predicted octanol–water partition coefficient (Wildman–Crippen LogP) is 3.13. The van der Waals surface area contributed by atoms with Gasteiger partial charge in [0.15, 0.2) is 0 Å². The molecule has 1 N–H and O–H groups in total. The van der Waals surface area contributed by atoms with Crippen molar-refractivity contribution in [2.24, 2.45) is 5.92 Å². The van der Waals surface area contributed by atoms with Crippen LogP contribution in [0.5, 0.6) is 0 Å². The zero-order valence-corrected chi connectivity index (χ0v) is 13.5. The summed E-state index contributed by atoms with van der Waals surface area (Å²) in [5.41, 5.74) is 1.15. The fraction of sp³-hybridized carbons (Fsp3) is 0.733. The zero-order chi connectivity index (χ0) is 14.9. The Morgan fingerprint density at radius 1 is 1.55 bits per heavy atom. The third kappa shape index (κ3) is 3.58. The van der Waals surface area contributed by atoms with Crippen LogP contribution in [0.15, 0.2) is 5.38 Å². The second-order valence-corrected chi connectivity index (χ2v) is 7.77. The summed E-state index contributed by atoms with van der Waals surface area (Å²) in [6.45, 7) is 10.1. The van der Waals surface area contributed by atoms with Gasteiger partial charge in [0, 0.05) is 10.8 Å². The molecule has 1 saturated heterocycles. The van der Waals surface area contributed by atoms with Gasteiger partial charge < -0.3 is 5.11 Å². The van der Waals surface area contributed by atoms with Crippen LogP contribution in [-0.4, -0.2) is 33.5 Å². The normalized spacial score (nSPS) is 24.8. The highest BCUT2D eigenvalue weighted by atomic mass is 32.1. The molecule has 5 heteroatoms. The molecule has 112 valence electrons. The summed E-state index contributed by atoms with van der Waals surface area (Å²) in [5.74, 6) is -0.210. The molecule has 0 bridgehead atoms. The van der Waals surface area contributed by atoms with Crippen molar-refractivity contribution in [2.75, 3.05) is 6.54 Å². The Labute approximate surface area is 124 Å². The topological polar surface area (TPSA) is 53.4 Å². The van der Waals surface area contributed by atoms with Crippen molar-refractivity contribution < 1.29 is 9.90 Å². The van der Waals surface area contributed by atoms with Crippen LogP contribution < -0.4 is 0 Å². The Morgan fingerprint density at radius 3 is 2.80 bits per heavy atom.